The van der Waals surface area contributed by atoms with E-state index in [1.807, 2.05) is 18.3 Å². The van der Waals surface area contributed by atoms with E-state index < -0.39 is 0 Å². The van der Waals surface area contributed by atoms with Crippen LogP contribution in [0.15, 0.2) is 18.3 Å². The van der Waals surface area contributed by atoms with Gasteiger partial charge in [0.2, 0.25) is 5.91 Å². The van der Waals surface area contributed by atoms with Gasteiger partial charge in [0.1, 0.15) is 5.82 Å². The molecule has 3 heterocycles. The quantitative estimate of drug-likeness (QED) is 0.917. The van der Waals surface area contributed by atoms with Crippen LogP contribution in [0, 0.1) is 5.92 Å². The largest absolute Gasteiger partial charge is 0.453 e. The van der Waals surface area contributed by atoms with Gasteiger partial charge in [-0.2, -0.15) is 0 Å². The molecule has 2 amide bonds. The molecule has 2 aliphatic heterocycles. The summed E-state index contributed by atoms with van der Waals surface area (Å²) >= 11 is 0. The van der Waals surface area contributed by atoms with Crippen molar-refractivity contribution in [3.63, 3.8) is 0 Å². The standard InChI is InChI=1S/C17H24N4O3/c1-24-17(23)21-10-4-5-13(12-21)16(22)19-15-7-6-14(11-18-15)20-8-2-3-9-20/h6-7,11,13H,2-5,8-10,12H2,1H3,(H,18,19,22)/t13-/m0/s1. The molecule has 0 aromatic carbocycles. The molecule has 1 N–H and O–H groups in total. The summed E-state index contributed by atoms with van der Waals surface area (Å²) in [4.78, 5) is 32.3. The van der Waals surface area contributed by atoms with Crippen molar-refractivity contribution in [3.05, 3.63) is 18.3 Å². The van der Waals surface area contributed by atoms with Crippen LogP contribution in [0.25, 0.3) is 0 Å². The van der Waals surface area contributed by atoms with Gasteiger partial charge >= 0.3 is 6.09 Å². The summed E-state index contributed by atoms with van der Waals surface area (Å²) < 4.78 is 4.74. The van der Waals surface area contributed by atoms with E-state index in [0.29, 0.717) is 18.9 Å². The second-order valence-corrected chi connectivity index (χ2v) is 6.34. The zero-order valence-corrected chi connectivity index (χ0v) is 14.0. The maximum Gasteiger partial charge on any atom is 0.409 e. The Morgan fingerprint density at radius 3 is 2.67 bits per heavy atom. The highest BCUT2D eigenvalue weighted by atomic mass is 16.5. The normalized spacial score (nSPS) is 20.8. The van der Waals surface area contributed by atoms with Crippen LogP contribution < -0.4 is 10.2 Å². The molecule has 130 valence electrons. The first-order valence-electron chi connectivity index (χ1n) is 8.52. The molecule has 7 heteroatoms. The van der Waals surface area contributed by atoms with E-state index in [1.165, 1.54) is 20.0 Å². The lowest BCUT2D eigenvalue weighted by Crippen LogP contribution is -2.43. The van der Waals surface area contributed by atoms with Crippen LogP contribution >= 0.6 is 0 Å². The van der Waals surface area contributed by atoms with Crippen molar-refractivity contribution in [2.45, 2.75) is 25.7 Å². The summed E-state index contributed by atoms with van der Waals surface area (Å²) in [5.41, 5.74) is 1.10. The minimum Gasteiger partial charge on any atom is -0.453 e. The van der Waals surface area contributed by atoms with Crippen molar-refractivity contribution in [3.8, 4) is 0 Å². The summed E-state index contributed by atoms with van der Waals surface area (Å²) in [6.45, 7) is 3.17. The van der Waals surface area contributed by atoms with Gasteiger partial charge in [0.05, 0.1) is 24.9 Å². The zero-order valence-electron chi connectivity index (χ0n) is 14.0. The smallest absolute Gasteiger partial charge is 0.409 e. The van der Waals surface area contributed by atoms with Gasteiger partial charge in [-0.1, -0.05) is 0 Å². The van der Waals surface area contributed by atoms with Gasteiger partial charge in [-0.05, 0) is 37.8 Å². The first-order valence-corrected chi connectivity index (χ1v) is 8.52. The lowest BCUT2D eigenvalue weighted by atomic mass is 9.97. The van der Waals surface area contributed by atoms with Crippen molar-refractivity contribution < 1.29 is 14.3 Å². The number of carbonyl (C=O) groups excluding carboxylic acids is 2. The first kappa shape index (κ1) is 16.5. The molecule has 0 unspecified atom stereocenters. The number of pyridine rings is 1. The van der Waals surface area contributed by atoms with Crippen LogP contribution in [0.4, 0.5) is 16.3 Å². The summed E-state index contributed by atoms with van der Waals surface area (Å²) in [5, 5.41) is 2.86. The molecule has 2 saturated heterocycles. The molecule has 0 radical (unpaired) electrons. The lowest BCUT2D eigenvalue weighted by Gasteiger charge is -2.30. The van der Waals surface area contributed by atoms with Crippen LogP contribution in [0.2, 0.25) is 0 Å². The van der Waals surface area contributed by atoms with Crippen molar-refractivity contribution >= 4 is 23.5 Å². The SMILES string of the molecule is COC(=O)N1CCC[C@H](C(=O)Nc2ccc(N3CCCC3)cn2)C1. The predicted molar refractivity (Wildman–Crippen MR) is 91.0 cm³/mol. The van der Waals surface area contributed by atoms with Crippen molar-refractivity contribution in [2.75, 3.05) is 43.5 Å². The highest BCUT2D eigenvalue weighted by molar-refractivity contribution is 5.92. The predicted octanol–water partition coefficient (Wildman–Crippen LogP) is 2.10. The van der Waals surface area contributed by atoms with Crippen LogP contribution in [0.5, 0.6) is 0 Å². The van der Waals surface area contributed by atoms with Gasteiger partial charge in [-0.3, -0.25) is 4.79 Å². The number of aromatic nitrogens is 1. The zero-order chi connectivity index (χ0) is 16.9. The van der Waals surface area contributed by atoms with Crippen molar-refractivity contribution in [1.82, 2.24) is 9.88 Å². The third kappa shape index (κ3) is 3.77. The highest BCUT2D eigenvalue weighted by Gasteiger charge is 2.29. The number of rotatable bonds is 3. The third-order valence-electron chi connectivity index (χ3n) is 4.70. The number of ether oxygens (including phenoxy) is 1. The van der Waals surface area contributed by atoms with Gasteiger partial charge in [0.25, 0.3) is 0 Å². The highest BCUT2D eigenvalue weighted by Crippen LogP contribution is 2.22. The topological polar surface area (TPSA) is 74.8 Å². The molecule has 24 heavy (non-hydrogen) atoms. The van der Waals surface area contributed by atoms with E-state index in [0.717, 1.165) is 31.6 Å². The van der Waals surface area contributed by atoms with Crippen LogP contribution in [0.3, 0.4) is 0 Å². The molecule has 1 atom stereocenters. The lowest BCUT2D eigenvalue weighted by molar-refractivity contribution is -0.121. The summed E-state index contributed by atoms with van der Waals surface area (Å²) in [6, 6.07) is 3.84. The number of piperidine rings is 1. The van der Waals surface area contributed by atoms with Crippen LogP contribution in [-0.4, -0.2) is 55.2 Å². The molecule has 0 aliphatic carbocycles. The Morgan fingerprint density at radius 1 is 1.21 bits per heavy atom. The number of methoxy groups -OCH3 is 1. The van der Waals surface area contributed by atoms with E-state index in [2.05, 4.69) is 15.2 Å². The van der Waals surface area contributed by atoms with Crippen molar-refractivity contribution in [2.24, 2.45) is 5.92 Å². The second-order valence-electron chi connectivity index (χ2n) is 6.34. The molecular formula is C17H24N4O3. The molecule has 2 fully saturated rings. The van der Waals surface area contributed by atoms with Gasteiger partial charge < -0.3 is 19.9 Å². The van der Waals surface area contributed by atoms with E-state index in [4.69, 9.17) is 4.74 Å². The number of likely N-dealkylation sites (tertiary alicyclic amines) is 1. The number of nitrogens with one attached hydrogen (secondary N) is 1. The van der Waals surface area contributed by atoms with E-state index in [9.17, 15) is 9.59 Å². The monoisotopic (exact) mass is 332 g/mol. The fourth-order valence-corrected chi connectivity index (χ4v) is 3.34. The Kier molecular flexibility index (Phi) is 5.17. The van der Waals surface area contributed by atoms with E-state index >= 15 is 0 Å². The van der Waals surface area contributed by atoms with Gasteiger partial charge in [-0.15, -0.1) is 0 Å². The van der Waals surface area contributed by atoms with Crippen molar-refractivity contribution in [1.29, 1.82) is 0 Å². The summed E-state index contributed by atoms with van der Waals surface area (Å²) in [6.07, 6.45) is 5.44. The molecule has 0 bridgehead atoms. The molecule has 7 nitrogen and oxygen atoms in total. The number of hydrogen-bond acceptors (Lipinski definition) is 5. The average molecular weight is 332 g/mol. The molecule has 0 saturated carbocycles. The third-order valence-corrected chi connectivity index (χ3v) is 4.70. The summed E-state index contributed by atoms with van der Waals surface area (Å²) in [7, 11) is 1.36. The number of carbonyl (C=O) groups is 2. The number of nitrogens with zero attached hydrogens (tertiary/aromatic N) is 3. The Morgan fingerprint density at radius 2 is 2.00 bits per heavy atom. The fraction of sp³-hybridized carbons (Fsp3) is 0.588. The number of anilines is 2. The molecule has 3 rings (SSSR count). The van der Waals surface area contributed by atoms with Gasteiger partial charge in [-0.25, -0.2) is 9.78 Å². The first-order chi connectivity index (χ1) is 11.7. The summed E-state index contributed by atoms with van der Waals surface area (Å²) in [5.74, 6) is 0.237. The van der Waals surface area contributed by atoms with Crippen LogP contribution in [0.1, 0.15) is 25.7 Å². The molecular weight excluding hydrogens is 308 g/mol. The minimum atomic E-state index is -0.374. The Balaban J connectivity index is 1.56. The van der Waals surface area contributed by atoms with E-state index in [1.54, 1.807) is 4.90 Å². The second kappa shape index (κ2) is 7.51. The minimum absolute atomic E-state index is 0.0926. The Bertz CT molecular complexity index is 584. The van der Waals surface area contributed by atoms with E-state index in [-0.39, 0.29) is 17.9 Å². The Labute approximate surface area is 142 Å². The molecule has 1 aromatic rings. The van der Waals surface area contributed by atoms with Gasteiger partial charge in [0.15, 0.2) is 0 Å². The molecule has 2 aliphatic rings. The number of amides is 2. The fourth-order valence-electron chi connectivity index (χ4n) is 3.34. The van der Waals surface area contributed by atoms with Crippen LogP contribution in [-0.2, 0) is 9.53 Å². The Hall–Kier alpha value is -2.31. The molecule has 0 spiro atoms. The average Bonchev–Trinajstić information content (AvgIpc) is 3.16. The van der Waals surface area contributed by atoms with Gasteiger partial charge in [0, 0.05) is 26.2 Å². The molecule has 1 aromatic heterocycles. The maximum absolute atomic E-state index is 12.4. The maximum atomic E-state index is 12.4. The number of hydrogen-bond donors (Lipinski definition) is 1.